The van der Waals surface area contributed by atoms with Crippen LogP contribution in [0.4, 0.5) is 4.79 Å². The van der Waals surface area contributed by atoms with Gasteiger partial charge in [-0.05, 0) is 56.3 Å². The van der Waals surface area contributed by atoms with Gasteiger partial charge in [0, 0.05) is 0 Å². The van der Waals surface area contributed by atoms with Crippen LogP contribution in [0.1, 0.15) is 38.5 Å². The zero-order valence-electron chi connectivity index (χ0n) is 8.78. The molecule has 4 fully saturated rings. The second-order valence-corrected chi connectivity index (χ2v) is 5.52. The van der Waals surface area contributed by atoms with Gasteiger partial charge in [-0.15, -0.1) is 12.4 Å². The summed E-state index contributed by atoms with van der Waals surface area (Å²) >= 11 is 0. The van der Waals surface area contributed by atoms with E-state index in [1.807, 2.05) is 0 Å². The number of ether oxygens (including phenoxy) is 1. The fourth-order valence-electron chi connectivity index (χ4n) is 4.37. The number of amides is 1. The monoisotopic (exact) mass is 231 g/mol. The molecule has 0 aromatic rings. The summed E-state index contributed by atoms with van der Waals surface area (Å²) in [6, 6.07) is 0. The fourth-order valence-corrected chi connectivity index (χ4v) is 4.37. The van der Waals surface area contributed by atoms with Crippen molar-refractivity contribution in [2.75, 3.05) is 0 Å². The molecular weight excluding hydrogens is 214 g/mol. The largest absolute Gasteiger partial charge is 0.443 e. The van der Waals surface area contributed by atoms with Crippen molar-refractivity contribution >= 4 is 18.5 Å². The quantitative estimate of drug-likeness (QED) is 0.754. The molecule has 0 spiro atoms. The van der Waals surface area contributed by atoms with Gasteiger partial charge in [-0.3, -0.25) is 0 Å². The summed E-state index contributed by atoms with van der Waals surface area (Å²) in [7, 11) is 0. The van der Waals surface area contributed by atoms with Gasteiger partial charge in [0.05, 0.1) is 0 Å². The van der Waals surface area contributed by atoms with Crippen LogP contribution in [0.25, 0.3) is 0 Å². The Hall–Kier alpha value is -0.440. The lowest BCUT2D eigenvalue weighted by molar-refractivity contribution is -0.125. The van der Waals surface area contributed by atoms with E-state index < -0.39 is 6.09 Å². The van der Waals surface area contributed by atoms with Gasteiger partial charge in [0.1, 0.15) is 5.60 Å². The third-order valence-corrected chi connectivity index (χ3v) is 4.30. The Balaban J connectivity index is 0.000000853. The second kappa shape index (κ2) is 3.55. The molecule has 86 valence electrons. The van der Waals surface area contributed by atoms with E-state index in [0.717, 1.165) is 37.0 Å². The summed E-state index contributed by atoms with van der Waals surface area (Å²) in [5, 5.41) is 0. The maximum absolute atomic E-state index is 10.9. The number of primary amides is 1. The Labute approximate surface area is 96.1 Å². The van der Waals surface area contributed by atoms with Crippen LogP contribution in [0, 0.1) is 17.8 Å². The summed E-state index contributed by atoms with van der Waals surface area (Å²) in [4.78, 5) is 10.9. The van der Waals surface area contributed by atoms with Gasteiger partial charge >= 0.3 is 6.09 Å². The first-order chi connectivity index (χ1) is 6.65. The normalized spacial score (nSPS) is 46.0. The van der Waals surface area contributed by atoms with Crippen LogP contribution in [0.5, 0.6) is 0 Å². The molecule has 15 heavy (non-hydrogen) atoms. The molecule has 0 aliphatic heterocycles. The van der Waals surface area contributed by atoms with Crippen LogP contribution in [0.3, 0.4) is 0 Å². The molecule has 4 saturated carbocycles. The average molecular weight is 232 g/mol. The molecule has 0 aromatic heterocycles. The van der Waals surface area contributed by atoms with E-state index >= 15 is 0 Å². The molecule has 2 N–H and O–H groups in total. The molecule has 0 radical (unpaired) electrons. The molecule has 0 atom stereocenters. The van der Waals surface area contributed by atoms with Crippen molar-refractivity contribution in [2.24, 2.45) is 23.5 Å². The molecule has 4 aliphatic carbocycles. The van der Waals surface area contributed by atoms with Gasteiger partial charge in [0.2, 0.25) is 0 Å². The van der Waals surface area contributed by atoms with Gasteiger partial charge in [-0.25, -0.2) is 4.79 Å². The highest BCUT2D eigenvalue weighted by Crippen LogP contribution is 2.56. The molecule has 4 bridgehead atoms. The van der Waals surface area contributed by atoms with Crippen LogP contribution < -0.4 is 5.73 Å². The Kier molecular flexibility index (Phi) is 2.61. The third-order valence-electron chi connectivity index (χ3n) is 4.30. The lowest BCUT2D eigenvalue weighted by Gasteiger charge is -2.55. The summed E-state index contributed by atoms with van der Waals surface area (Å²) in [5.74, 6) is 2.42. The van der Waals surface area contributed by atoms with E-state index in [1.165, 1.54) is 19.3 Å². The molecule has 4 aliphatic rings. The van der Waals surface area contributed by atoms with Crippen molar-refractivity contribution in [3.63, 3.8) is 0 Å². The molecule has 1 amide bonds. The minimum Gasteiger partial charge on any atom is -0.443 e. The topological polar surface area (TPSA) is 52.3 Å². The summed E-state index contributed by atoms with van der Waals surface area (Å²) in [6.07, 6.45) is 6.72. The number of nitrogens with two attached hydrogens (primary N) is 1. The Morgan fingerprint density at radius 3 is 1.80 bits per heavy atom. The minimum absolute atomic E-state index is 0. The van der Waals surface area contributed by atoms with E-state index in [2.05, 4.69) is 0 Å². The van der Waals surface area contributed by atoms with Gasteiger partial charge < -0.3 is 10.5 Å². The molecule has 0 heterocycles. The van der Waals surface area contributed by atoms with Crippen molar-refractivity contribution < 1.29 is 9.53 Å². The smallest absolute Gasteiger partial charge is 0.405 e. The zero-order valence-corrected chi connectivity index (χ0v) is 9.59. The SMILES string of the molecule is Cl.NC(=O)OC12CC3CC(CC(C3)C1)C2. The predicted molar refractivity (Wildman–Crippen MR) is 58.8 cm³/mol. The summed E-state index contributed by atoms with van der Waals surface area (Å²) in [6.45, 7) is 0. The number of carbonyl (C=O) groups is 1. The molecule has 3 nitrogen and oxygen atoms in total. The van der Waals surface area contributed by atoms with Crippen LogP contribution in [-0.4, -0.2) is 11.7 Å². The summed E-state index contributed by atoms with van der Waals surface area (Å²) < 4.78 is 5.39. The number of hydrogen-bond acceptors (Lipinski definition) is 2. The molecular formula is C11H18ClNO2. The second-order valence-electron chi connectivity index (χ2n) is 5.52. The van der Waals surface area contributed by atoms with Gasteiger partial charge in [0.15, 0.2) is 0 Å². The lowest BCUT2D eigenvalue weighted by atomic mass is 9.54. The predicted octanol–water partition coefficient (Wildman–Crippen LogP) is 2.47. The van der Waals surface area contributed by atoms with Crippen molar-refractivity contribution in [3.8, 4) is 0 Å². The van der Waals surface area contributed by atoms with Crippen LogP contribution in [-0.2, 0) is 4.74 Å². The maximum atomic E-state index is 10.9. The van der Waals surface area contributed by atoms with Crippen LogP contribution in [0.2, 0.25) is 0 Å². The van der Waals surface area contributed by atoms with Crippen molar-refractivity contribution in [2.45, 2.75) is 44.1 Å². The standard InChI is InChI=1S/C11H17NO2.ClH/c12-10(13)14-11-4-7-1-8(5-11)3-9(2-7)6-11;/h7-9H,1-6H2,(H2,12,13);1H. The highest BCUT2D eigenvalue weighted by atomic mass is 35.5. The lowest BCUT2D eigenvalue weighted by Crippen LogP contribution is -2.53. The fraction of sp³-hybridized carbons (Fsp3) is 0.909. The van der Waals surface area contributed by atoms with Crippen molar-refractivity contribution in [1.82, 2.24) is 0 Å². The number of carbonyl (C=O) groups excluding carboxylic acids is 1. The first kappa shape index (κ1) is 11.1. The number of rotatable bonds is 1. The summed E-state index contributed by atoms with van der Waals surface area (Å²) in [5.41, 5.74) is 5.00. The van der Waals surface area contributed by atoms with Crippen molar-refractivity contribution in [1.29, 1.82) is 0 Å². The average Bonchev–Trinajstić information content (AvgIpc) is 1.96. The third kappa shape index (κ3) is 1.82. The van der Waals surface area contributed by atoms with E-state index in [-0.39, 0.29) is 18.0 Å². The highest BCUT2D eigenvalue weighted by molar-refractivity contribution is 5.85. The minimum atomic E-state index is -0.577. The first-order valence-electron chi connectivity index (χ1n) is 5.64. The zero-order chi connectivity index (χ0) is 9.76. The molecule has 0 aromatic carbocycles. The Bertz CT molecular complexity index is 244. The van der Waals surface area contributed by atoms with Gasteiger partial charge in [0.25, 0.3) is 0 Å². The Morgan fingerprint density at radius 1 is 1.07 bits per heavy atom. The molecule has 0 unspecified atom stereocenters. The molecule has 0 saturated heterocycles. The van der Waals surface area contributed by atoms with E-state index in [9.17, 15) is 4.79 Å². The number of halogens is 1. The van der Waals surface area contributed by atoms with E-state index in [1.54, 1.807) is 0 Å². The van der Waals surface area contributed by atoms with Gasteiger partial charge in [-0.1, -0.05) is 0 Å². The molecule has 4 rings (SSSR count). The first-order valence-corrected chi connectivity index (χ1v) is 5.64. The van der Waals surface area contributed by atoms with E-state index in [4.69, 9.17) is 10.5 Å². The van der Waals surface area contributed by atoms with Crippen LogP contribution in [0.15, 0.2) is 0 Å². The highest BCUT2D eigenvalue weighted by Gasteiger charge is 2.53. The number of hydrogen-bond donors (Lipinski definition) is 1. The molecule has 4 heteroatoms. The van der Waals surface area contributed by atoms with E-state index in [0.29, 0.717) is 0 Å². The van der Waals surface area contributed by atoms with Crippen molar-refractivity contribution in [3.05, 3.63) is 0 Å². The van der Waals surface area contributed by atoms with Crippen LogP contribution >= 0.6 is 12.4 Å². The Morgan fingerprint density at radius 2 is 1.47 bits per heavy atom. The van der Waals surface area contributed by atoms with Gasteiger partial charge in [-0.2, -0.15) is 0 Å². The maximum Gasteiger partial charge on any atom is 0.405 e.